The number of fused-ring (bicyclic) bond motifs is 1. The van der Waals surface area contributed by atoms with Gasteiger partial charge in [0, 0.05) is 29.2 Å². The predicted molar refractivity (Wildman–Crippen MR) is 137 cm³/mol. The van der Waals surface area contributed by atoms with Crippen molar-refractivity contribution in [1.82, 2.24) is 9.88 Å². The molecule has 1 aromatic heterocycles. The first-order valence-corrected chi connectivity index (χ1v) is 11.4. The first-order chi connectivity index (χ1) is 17.4. The zero-order valence-electron chi connectivity index (χ0n) is 19.8. The maximum atomic E-state index is 13.4. The average Bonchev–Trinajstić information content (AvgIpc) is 3.21. The molecule has 1 aliphatic rings. The van der Waals surface area contributed by atoms with Gasteiger partial charge in [0.2, 0.25) is 0 Å². The van der Waals surface area contributed by atoms with Gasteiger partial charge in [-0.3, -0.25) is 14.9 Å². The molecule has 1 N–H and O–H groups in total. The number of anilines is 1. The van der Waals surface area contributed by atoms with Gasteiger partial charge in [0.25, 0.3) is 11.8 Å². The maximum Gasteiger partial charge on any atom is 0.335 e. The Balaban J connectivity index is 1.58. The first-order valence-electron chi connectivity index (χ1n) is 11.4. The van der Waals surface area contributed by atoms with E-state index in [1.54, 1.807) is 18.2 Å². The molecule has 36 heavy (non-hydrogen) atoms. The highest BCUT2D eigenvalue weighted by molar-refractivity contribution is 6.39. The van der Waals surface area contributed by atoms with Crippen LogP contribution in [0.3, 0.4) is 0 Å². The van der Waals surface area contributed by atoms with Crippen molar-refractivity contribution in [2.24, 2.45) is 0 Å². The van der Waals surface area contributed by atoms with Gasteiger partial charge in [0.05, 0.1) is 17.3 Å². The molecule has 0 atom stereocenters. The van der Waals surface area contributed by atoms with Crippen LogP contribution in [-0.4, -0.2) is 22.4 Å². The van der Waals surface area contributed by atoms with Crippen molar-refractivity contribution < 1.29 is 14.4 Å². The maximum absolute atomic E-state index is 13.4. The highest BCUT2D eigenvalue weighted by Gasteiger charge is 2.37. The summed E-state index contributed by atoms with van der Waals surface area (Å²) in [4.78, 5) is 39.7. The normalized spacial score (nSPS) is 14.9. The highest BCUT2D eigenvalue weighted by atomic mass is 16.2. The van der Waals surface area contributed by atoms with Crippen LogP contribution in [-0.2, 0) is 16.1 Å². The Morgan fingerprint density at radius 3 is 2.47 bits per heavy atom. The van der Waals surface area contributed by atoms with E-state index in [1.807, 2.05) is 73.1 Å². The minimum atomic E-state index is -0.777. The minimum Gasteiger partial charge on any atom is -0.342 e. The Morgan fingerprint density at radius 1 is 0.944 bits per heavy atom. The Kier molecular flexibility index (Phi) is 5.71. The standard InChI is InChI=1S/C29H22N4O3/c1-18-11-12-23(13-19(18)2)33-28(35)25(27(34)31-29(33)36)14-22-17-32(26-10-6-5-9-24(22)26)16-21-8-4-3-7-20(21)15-30/h3-14,17H,16H2,1-2H3,(H,31,34,36)/b25-14+. The third kappa shape index (κ3) is 3.95. The fraction of sp³-hybridized carbons (Fsp3) is 0.103. The van der Waals surface area contributed by atoms with Gasteiger partial charge in [0.15, 0.2) is 0 Å². The summed E-state index contributed by atoms with van der Waals surface area (Å²) in [7, 11) is 0. The number of aromatic nitrogens is 1. The summed E-state index contributed by atoms with van der Waals surface area (Å²) < 4.78 is 1.98. The Labute approximate surface area is 207 Å². The second kappa shape index (κ2) is 9.01. The highest BCUT2D eigenvalue weighted by Crippen LogP contribution is 2.28. The van der Waals surface area contributed by atoms with Gasteiger partial charge in [-0.05, 0) is 60.9 Å². The molecule has 0 bridgehead atoms. The van der Waals surface area contributed by atoms with E-state index in [4.69, 9.17) is 0 Å². The number of aryl methyl sites for hydroxylation is 2. The van der Waals surface area contributed by atoms with Gasteiger partial charge in [0.1, 0.15) is 5.57 Å². The SMILES string of the molecule is Cc1ccc(N2C(=O)NC(=O)/C(=C\c3cn(Cc4ccccc4C#N)c4ccccc34)C2=O)cc1C. The summed E-state index contributed by atoms with van der Waals surface area (Å²) in [6.07, 6.45) is 3.37. The number of hydrogen-bond acceptors (Lipinski definition) is 4. The first kappa shape index (κ1) is 22.8. The molecular weight excluding hydrogens is 452 g/mol. The lowest BCUT2D eigenvalue weighted by Crippen LogP contribution is -2.54. The molecule has 3 aromatic carbocycles. The Hall–Kier alpha value is -4.96. The molecule has 5 rings (SSSR count). The number of carbonyl (C=O) groups is 3. The number of hydrogen-bond donors (Lipinski definition) is 1. The number of nitrogens with one attached hydrogen (secondary N) is 1. The molecule has 0 spiro atoms. The van der Waals surface area contributed by atoms with Crippen molar-refractivity contribution in [2.45, 2.75) is 20.4 Å². The molecule has 0 saturated carbocycles. The van der Waals surface area contributed by atoms with Crippen LogP contribution < -0.4 is 10.2 Å². The van der Waals surface area contributed by atoms with Gasteiger partial charge in [-0.2, -0.15) is 5.26 Å². The topological polar surface area (TPSA) is 95.2 Å². The number of para-hydroxylation sites is 1. The van der Waals surface area contributed by atoms with Crippen molar-refractivity contribution in [1.29, 1.82) is 5.26 Å². The largest absolute Gasteiger partial charge is 0.342 e. The van der Waals surface area contributed by atoms with E-state index in [9.17, 15) is 19.6 Å². The van der Waals surface area contributed by atoms with Crippen molar-refractivity contribution in [3.05, 3.63) is 106 Å². The summed E-state index contributed by atoms with van der Waals surface area (Å²) in [6.45, 7) is 4.28. The minimum absolute atomic E-state index is 0.131. The molecule has 4 amide bonds. The molecule has 0 aliphatic carbocycles. The lowest BCUT2D eigenvalue weighted by molar-refractivity contribution is -0.122. The number of nitriles is 1. The zero-order chi connectivity index (χ0) is 25.4. The molecule has 2 heterocycles. The van der Waals surface area contributed by atoms with Crippen LogP contribution in [0.1, 0.15) is 27.8 Å². The third-order valence-electron chi connectivity index (χ3n) is 6.45. The van der Waals surface area contributed by atoms with E-state index < -0.39 is 17.8 Å². The molecule has 4 aromatic rings. The number of imide groups is 2. The smallest absolute Gasteiger partial charge is 0.335 e. The molecule has 7 nitrogen and oxygen atoms in total. The molecule has 0 unspecified atom stereocenters. The quantitative estimate of drug-likeness (QED) is 0.338. The van der Waals surface area contributed by atoms with E-state index in [0.717, 1.165) is 32.5 Å². The molecular formula is C29H22N4O3. The van der Waals surface area contributed by atoms with E-state index >= 15 is 0 Å². The van der Waals surface area contributed by atoms with E-state index in [1.165, 1.54) is 6.08 Å². The average molecular weight is 475 g/mol. The monoisotopic (exact) mass is 474 g/mol. The van der Waals surface area contributed by atoms with Crippen molar-refractivity contribution in [3.63, 3.8) is 0 Å². The molecule has 0 radical (unpaired) electrons. The number of nitrogens with zero attached hydrogens (tertiary/aromatic N) is 3. The number of benzene rings is 3. The van der Waals surface area contributed by atoms with Gasteiger partial charge in [-0.1, -0.05) is 42.5 Å². The van der Waals surface area contributed by atoms with E-state index in [2.05, 4.69) is 11.4 Å². The van der Waals surface area contributed by atoms with Crippen LogP contribution in [0.2, 0.25) is 0 Å². The molecule has 7 heteroatoms. The molecule has 1 fully saturated rings. The van der Waals surface area contributed by atoms with Gasteiger partial charge >= 0.3 is 6.03 Å². The second-order valence-electron chi connectivity index (χ2n) is 8.72. The molecule has 1 saturated heterocycles. The fourth-order valence-corrected chi connectivity index (χ4v) is 4.38. The number of rotatable bonds is 4. The summed E-state index contributed by atoms with van der Waals surface area (Å²) in [5.74, 6) is -1.42. The van der Waals surface area contributed by atoms with E-state index in [-0.39, 0.29) is 5.57 Å². The number of barbiturate groups is 1. The number of amides is 4. The molecule has 1 aliphatic heterocycles. The van der Waals surface area contributed by atoms with Crippen LogP contribution in [0.15, 0.2) is 78.5 Å². The summed E-state index contributed by atoms with van der Waals surface area (Å²) >= 11 is 0. The predicted octanol–water partition coefficient (Wildman–Crippen LogP) is 4.84. The van der Waals surface area contributed by atoms with Crippen LogP contribution >= 0.6 is 0 Å². The van der Waals surface area contributed by atoms with Crippen LogP contribution in [0.25, 0.3) is 17.0 Å². The third-order valence-corrected chi connectivity index (χ3v) is 6.45. The van der Waals surface area contributed by atoms with Crippen LogP contribution in [0.5, 0.6) is 0 Å². The van der Waals surface area contributed by atoms with Crippen molar-refractivity contribution >= 4 is 40.5 Å². The fourth-order valence-electron chi connectivity index (χ4n) is 4.38. The number of urea groups is 1. The van der Waals surface area contributed by atoms with Gasteiger partial charge < -0.3 is 4.57 Å². The van der Waals surface area contributed by atoms with Gasteiger partial charge in [-0.25, -0.2) is 9.69 Å². The molecule has 176 valence electrons. The van der Waals surface area contributed by atoms with Gasteiger partial charge in [-0.15, -0.1) is 0 Å². The summed E-state index contributed by atoms with van der Waals surface area (Å²) in [5, 5.41) is 12.6. The van der Waals surface area contributed by atoms with Crippen LogP contribution in [0.4, 0.5) is 10.5 Å². The Bertz CT molecular complexity index is 1640. The lowest BCUT2D eigenvalue weighted by atomic mass is 10.0. The van der Waals surface area contributed by atoms with E-state index in [0.29, 0.717) is 23.4 Å². The lowest BCUT2D eigenvalue weighted by Gasteiger charge is -2.26. The van der Waals surface area contributed by atoms with Crippen molar-refractivity contribution in [3.8, 4) is 6.07 Å². The van der Waals surface area contributed by atoms with Crippen molar-refractivity contribution in [2.75, 3.05) is 4.90 Å². The number of carbonyl (C=O) groups excluding carboxylic acids is 3. The second-order valence-corrected chi connectivity index (χ2v) is 8.72. The Morgan fingerprint density at radius 2 is 1.69 bits per heavy atom. The summed E-state index contributed by atoms with van der Waals surface area (Å²) in [6, 6.07) is 21.7. The zero-order valence-corrected chi connectivity index (χ0v) is 19.8. The van der Waals surface area contributed by atoms with Crippen LogP contribution in [0, 0.1) is 25.2 Å². The summed E-state index contributed by atoms with van der Waals surface area (Å²) in [5.41, 5.74) is 5.22.